The zero-order chi connectivity index (χ0) is 14.3. The zero-order valence-corrected chi connectivity index (χ0v) is 13.4. The van der Waals surface area contributed by atoms with Crippen LogP contribution in [0.5, 0.6) is 0 Å². The van der Waals surface area contributed by atoms with E-state index in [0.717, 1.165) is 24.8 Å². The Bertz CT molecular complexity index is 294. The molecule has 2 rings (SSSR count). The van der Waals surface area contributed by atoms with E-state index in [9.17, 15) is 0 Å². The van der Waals surface area contributed by atoms with Gasteiger partial charge < -0.3 is 16.4 Å². The van der Waals surface area contributed by atoms with Crippen LogP contribution in [0.2, 0.25) is 0 Å². The van der Waals surface area contributed by atoms with Gasteiger partial charge in [0.2, 0.25) is 0 Å². The van der Waals surface area contributed by atoms with Gasteiger partial charge in [-0.05, 0) is 72.6 Å². The van der Waals surface area contributed by atoms with E-state index >= 15 is 0 Å². The second kappa shape index (κ2) is 5.34. The predicted octanol–water partition coefficient (Wildman–Crippen LogP) is 2.40. The minimum Gasteiger partial charge on any atom is -0.328 e. The summed E-state index contributed by atoms with van der Waals surface area (Å²) in [6.45, 7) is 11.5. The second-order valence-electron chi connectivity index (χ2n) is 8.59. The third-order valence-electron chi connectivity index (χ3n) is 4.44. The lowest BCUT2D eigenvalue weighted by Crippen LogP contribution is -2.57. The van der Waals surface area contributed by atoms with Gasteiger partial charge >= 0.3 is 0 Å². The fraction of sp³-hybridized carbons (Fsp3) is 1.00. The van der Waals surface area contributed by atoms with Crippen LogP contribution in [0.1, 0.15) is 66.7 Å². The average Bonchev–Trinajstić information content (AvgIpc) is 2.09. The van der Waals surface area contributed by atoms with Crippen LogP contribution >= 0.6 is 0 Å². The molecule has 2 aliphatic rings. The van der Waals surface area contributed by atoms with Gasteiger partial charge in [-0.25, -0.2) is 0 Å². The summed E-state index contributed by atoms with van der Waals surface area (Å²) in [5, 5.41) is 7.49. The molecule has 0 spiro atoms. The summed E-state index contributed by atoms with van der Waals surface area (Å²) in [6.07, 6.45) is 6.28. The summed E-state index contributed by atoms with van der Waals surface area (Å²) in [5.74, 6) is 0.885. The highest BCUT2D eigenvalue weighted by molar-refractivity contribution is 4.97. The Hall–Kier alpha value is -0.120. The first-order chi connectivity index (χ1) is 8.63. The molecule has 0 unspecified atom stereocenters. The summed E-state index contributed by atoms with van der Waals surface area (Å²) in [7, 11) is 0. The first-order valence-electron chi connectivity index (χ1n) is 7.94. The summed E-state index contributed by atoms with van der Waals surface area (Å²) in [6, 6.07) is 1.84. The van der Waals surface area contributed by atoms with Crippen LogP contribution in [0, 0.1) is 5.92 Å². The van der Waals surface area contributed by atoms with Gasteiger partial charge in [0.1, 0.15) is 0 Å². The van der Waals surface area contributed by atoms with Crippen molar-refractivity contribution in [3.05, 3.63) is 0 Å². The monoisotopic (exact) mass is 267 g/mol. The Balaban J connectivity index is 1.65. The fourth-order valence-corrected chi connectivity index (χ4v) is 3.75. The van der Waals surface area contributed by atoms with Crippen molar-refractivity contribution in [3.8, 4) is 0 Å². The van der Waals surface area contributed by atoms with Crippen molar-refractivity contribution >= 4 is 0 Å². The van der Waals surface area contributed by atoms with Gasteiger partial charge in [-0.15, -0.1) is 0 Å². The maximum Gasteiger partial charge on any atom is 0.0130 e. The highest BCUT2D eigenvalue weighted by Gasteiger charge is 2.37. The van der Waals surface area contributed by atoms with Crippen molar-refractivity contribution in [2.24, 2.45) is 11.7 Å². The summed E-state index contributed by atoms with van der Waals surface area (Å²) >= 11 is 0. The maximum absolute atomic E-state index is 5.85. The number of hydrogen-bond acceptors (Lipinski definition) is 3. The Morgan fingerprint density at radius 3 is 1.89 bits per heavy atom. The van der Waals surface area contributed by atoms with E-state index in [1.54, 1.807) is 0 Å². The van der Waals surface area contributed by atoms with Crippen molar-refractivity contribution in [1.29, 1.82) is 0 Å². The third kappa shape index (κ3) is 4.73. The van der Waals surface area contributed by atoms with Crippen LogP contribution in [0.4, 0.5) is 0 Å². The summed E-state index contributed by atoms with van der Waals surface area (Å²) in [4.78, 5) is 0. The smallest absolute Gasteiger partial charge is 0.0130 e. The first-order valence-corrected chi connectivity index (χ1v) is 7.94. The molecule has 0 aromatic carbocycles. The van der Waals surface area contributed by atoms with Gasteiger partial charge in [-0.3, -0.25) is 0 Å². The second-order valence-corrected chi connectivity index (χ2v) is 8.59. The molecule has 0 amide bonds. The van der Waals surface area contributed by atoms with Gasteiger partial charge in [-0.1, -0.05) is 0 Å². The molecule has 0 aromatic heterocycles. The SMILES string of the molecule is CC(C)(C)NC1CC(CC(C)(C)NC2CC(N)C2)C1. The molecule has 0 atom stereocenters. The third-order valence-corrected chi connectivity index (χ3v) is 4.44. The van der Waals surface area contributed by atoms with Crippen LogP contribution in [0.15, 0.2) is 0 Å². The Morgan fingerprint density at radius 2 is 1.42 bits per heavy atom. The van der Waals surface area contributed by atoms with Crippen LogP contribution in [0.3, 0.4) is 0 Å². The number of rotatable bonds is 5. The van der Waals surface area contributed by atoms with Crippen molar-refractivity contribution in [2.75, 3.05) is 0 Å². The quantitative estimate of drug-likeness (QED) is 0.717. The molecular formula is C16H33N3. The summed E-state index contributed by atoms with van der Waals surface area (Å²) < 4.78 is 0. The molecule has 2 aliphatic carbocycles. The van der Waals surface area contributed by atoms with Crippen molar-refractivity contribution < 1.29 is 0 Å². The minimum atomic E-state index is 0.255. The molecule has 112 valence electrons. The van der Waals surface area contributed by atoms with E-state index in [2.05, 4.69) is 45.3 Å². The molecule has 0 radical (unpaired) electrons. The molecule has 19 heavy (non-hydrogen) atoms. The number of nitrogens with two attached hydrogens (primary N) is 1. The normalized spacial score (nSPS) is 35.7. The zero-order valence-electron chi connectivity index (χ0n) is 13.4. The molecule has 3 heteroatoms. The molecular weight excluding hydrogens is 234 g/mol. The number of hydrogen-bond donors (Lipinski definition) is 3. The maximum atomic E-state index is 5.85. The molecule has 0 aromatic rings. The molecule has 3 nitrogen and oxygen atoms in total. The van der Waals surface area contributed by atoms with Crippen LogP contribution in [-0.2, 0) is 0 Å². The molecule has 4 N–H and O–H groups in total. The Kier molecular flexibility index (Phi) is 4.29. The molecule has 0 saturated heterocycles. The summed E-state index contributed by atoms with van der Waals surface area (Å²) in [5.41, 5.74) is 6.38. The largest absolute Gasteiger partial charge is 0.328 e. The number of nitrogens with one attached hydrogen (secondary N) is 2. The van der Waals surface area contributed by atoms with Gasteiger partial charge in [0, 0.05) is 29.2 Å². The standard InChI is InChI=1S/C16H33N3/c1-15(2,3)18-13-6-11(7-13)10-16(4,5)19-14-8-12(17)9-14/h11-14,18-19H,6-10,17H2,1-5H3. The Labute approximate surface area is 119 Å². The average molecular weight is 267 g/mol. The van der Waals surface area contributed by atoms with E-state index in [1.165, 1.54) is 19.3 Å². The lowest BCUT2D eigenvalue weighted by molar-refractivity contribution is 0.128. The first kappa shape index (κ1) is 15.3. The molecule has 2 fully saturated rings. The van der Waals surface area contributed by atoms with Crippen molar-refractivity contribution in [2.45, 2.75) is 95.9 Å². The van der Waals surface area contributed by atoms with Crippen LogP contribution in [-0.4, -0.2) is 29.2 Å². The highest BCUT2D eigenvalue weighted by atomic mass is 15.0. The highest BCUT2D eigenvalue weighted by Crippen LogP contribution is 2.36. The molecule has 0 aliphatic heterocycles. The van der Waals surface area contributed by atoms with Gasteiger partial charge in [-0.2, -0.15) is 0 Å². The van der Waals surface area contributed by atoms with Gasteiger partial charge in [0.25, 0.3) is 0 Å². The molecule has 0 bridgehead atoms. The predicted molar refractivity (Wildman–Crippen MR) is 82.2 cm³/mol. The van der Waals surface area contributed by atoms with Gasteiger partial charge in [0.05, 0.1) is 0 Å². The van der Waals surface area contributed by atoms with E-state index in [0.29, 0.717) is 12.1 Å². The lowest BCUT2D eigenvalue weighted by Gasteiger charge is -2.46. The van der Waals surface area contributed by atoms with Crippen LogP contribution < -0.4 is 16.4 Å². The lowest BCUT2D eigenvalue weighted by atomic mass is 9.72. The minimum absolute atomic E-state index is 0.255. The topological polar surface area (TPSA) is 50.1 Å². The molecule has 2 saturated carbocycles. The van der Waals surface area contributed by atoms with Crippen molar-refractivity contribution in [3.63, 3.8) is 0 Å². The fourth-order valence-electron chi connectivity index (χ4n) is 3.75. The van der Waals surface area contributed by atoms with E-state index in [4.69, 9.17) is 5.73 Å². The van der Waals surface area contributed by atoms with E-state index in [-0.39, 0.29) is 11.1 Å². The van der Waals surface area contributed by atoms with E-state index < -0.39 is 0 Å². The Morgan fingerprint density at radius 1 is 0.895 bits per heavy atom. The van der Waals surface area contributed by atoms with E-state index in [1.807, 2.05) is 0 Å². The van der Waals surface area contributed by atoms with Gasteiger partial charge in [0.15, 0.2) is 0 Å². The van der Waals surface area contributed by atoms with Crippen LogP contribution in [0.25, 0.3) is 0 Å². The molecule has 0 heterocycles. The van der Waals surface area contributed by atoms with Crippen molar-refractivity contribution in [1.82, 2.24) is 10.6 Å².